The Morgan fingerprint density at radius 1 is 1.48 bits per heavy atom. The average Bonchev–Trinajstić information content (AvgIpc) is 2.93. The maximum Gasteiger partial charge on any atom is 0.410 e. The van der Waals surface area contributed by atoms with Crippen LogP contribution in [0.3, 0.4) is 0 Å². The van der Waals surface area contributed by atoms with Gasteiger partial charge in [-0.15, -0.1) is 0 Å². The van der Waals surface area contributed by atoms with Gasteiger partial charge in [0.05, 0.1) is 21.2 Å². The first kappa shape index (κ1) is 17.9. The van der Waals surface area contributed by atoms with Crippen LogP contribution in [0.1, 0.15) is 39.2 Å². The number of carbonyl (C=O) groups is 1. The van der Waals surface area contributed by atoms with Gasteiger partial charge in [0.15, 0.2) is 0 Å². The third-order valence-electron chi connectivity index (χ3n) is 3.50. The van der Waals surface area contributed by atoms with Crippen molar-refractivity contribution in [3.8, 4) is 11.8 Å². The van der Waals surface area contributed by atoms with Crippen molar-refractivity contribution in [3.63, 3.8) is 0 Å². The van der Waals surface area contributed by atoms with E-state index in [-0.39, 0.29) is 12.1 Å². The molecule has 1 aliphatic heterocycles. The van der Waals surface area contributed by atoms with Crippen molar-refractivity contribution < 1.29 is 14.3 Å². The van der Waals surface area contributed by atoms with Crippen LogP contribution >= 0.6 is 22.6 Å². The molecule has 1 aromatic carbocycles. The lowest BCUT2D eigenvalue weighted by molar-refractivity contribution is 0.0187. The van der Waals surface area contributed by atoms with Crippen molar-refractivity contribution in [2.45, 2.75) is 45.3 Å². The molecule has 0 spiro atoms. The van der Waals surface area contributed by atoms with Crippen LogP contribution in [-0.2, 0) is 4.74 Å². The molecule has 124 valence electrons. The van der Waals surface area contributed by atoms with E-state index in [1.807, 2.05) is 26.8 Å². The molecule has 1 aromatic rings. The molecule has 2 rings (SSSR count). The summed E-state index contributed by atoms with van der Waals surface area (Å²) in [6, 6.07) is 7.46. The summed E-state index contributed by atoms with van der Waals surface area (Å²) in [7, 11) is 0. The maximum atomic E-state index is 12.3. The SMILES string of the molecule is CC(C)(C)OC(=O)N1CCC[C@@H]1COc1cc(C#N)ccc1I. The zero-order chi connectivity index (χ0) is 17.0. The van der Waals surface area contributed by atoms with Gasteiger partial charge in [0, 0.05) is 6.54 Å². The summed E-state index contributed by atoms with van der Waals surface area (Å²) in [5.41, 5.74) is 0.0672. The molecule has 6 heteroatoms. The number of hydrogen-bond donors (Lipinski definition) is 0. The first-order valence-electron chi connectivity index (χ1n) is 7.62. The first-order valence-corrected chi connectivity index (χ1v) is 8.70. The van der Waals surface area contributed by atoms with Gasteiger partial charge in [-0.25, -0.2) is 4.79 Å². The third kappa shape index (κ3) is 4.99. The van der Waals surface area contributed by atoms with Gasteiger partial charge in [-0.05, 0) is 74.4 Å². The summed E-state index contributed by atoms with van der Waals surface area (Å²) in [5.74, 6) is 0.681. The predicted molar refractivity (Wildman–Crippen MR) is 95.3 cm³/mol. The van der Waals surface area contributed by atoms with Gasteiger partial charge in [0.25, 0.3) is 0 Å². The van der Waals surface area contributed by atoms with Crippen LogP contribution in [0.25, 0.3) is 0 Å². The Morgan fingerprint density at radius 2 is 2.22 bits per heavy atom. The molecule has 0 N–H and O–H groups in total. The molecule has 0 saturated carbocycles. The number of ether oxygens (including phenoxy) is 2. The van der Waals surface area contributed by atoms with E-state index in [1.54, 1.807) is 17.0 Å². The highest BCUT2D eigenvalue weighted by Crippen LogP contribution is 2.25. The van der Waals surface area contributed by atoms with E-state index in [0.29, 0.717) is 24.5 Å². The molecule has 5 nitrogen and oxygen atoms in total. The minimum atomic E-state index is -0.498. The number of rotatable bonds is 3. The van der Waals surface area contributed by atoms with E-state index in [9.17, 15) is 4.79 Å². The maximum absolute atomic E-state index is 12.3. The summed E-state index contributed by atoms with van der Waals surface area (Å²) in [5, 5.41) is 8.98. The van der Waals surface area contributed by atoms with Crippen LogP contribution in [0.2, 0.25) is 0 Å². The largest absolute Gasteiger partial charge is 0.490 e. The molecular formula is C17H21IN2O3. The highest BCUT2D eigenvalue weighted by atomic mass is 127. The number of hydrogen-bond acceptors (Lipinski definition) is 4. The molecular weight excluding hydrogens is 407 g/mol. The van der Waals surface area contributed by atoms with Gasteiger partial charge in [0.1, 0.15) is 18.0 Å². The number of carbonyl (C=O) groups excluding carboxylic acids is 1. The van der Waals surface area contributed by atoms with Crippen molar-refractivity contribution in [2.24, 2.45) is 0 Å². The second-order valence-corrected chi connectivity index (χ2v) is 7.70. The van der Waals surface area contributed by atoms with Crippen LogP contribution in [-0.4, -0.2) is 35.8 Å². The van der Waals surface area contributed by atoms with E-state index in [0.717, 1.165) is 16.4 Å². The van der Waals surface area contributed by atoms with Crippen LogP contribution in [0, 0.1) is 14.9 Å². The number of benzene rings is 1. The Balaban J connectivity index is 2.00. The van der Waals surface area contributed by atoms with Crippen LogP contribution in [0.4, 0.5) is 4.79 Å². The highest BCUT2D eigenvalue weighted by molar-refractivity contribution is 14.1. The second-order valence-electron chi connectivity index (χ2n) is 6.54. The van der Waals surface area contributed by atoms with Gasteiger partial charge in [-0.3, -0.25) is 0 Å². The fraction of sp³-hybridized carbons (Fsp3) is 0.529. The van der Waals surface area contributed by atoms with Crippen molar-refractivity contribution in [1.82, 2.24) is 4.90 Å². The number of amides is 1. The molecule has 1 atom stereocenters. The van der Waals surface area contributed by atoms with Crippen LogP contribution in [0.5, 0.6) is 5.75 Å². The monoisotopic (exact) mass is 428 g/mol. The molecule has 1 heterocycles. The van der Waals surface area contributed by atoms with Crippen molar-refractivity contribution >= 4 is 28.7 Å². The Morgan fingerprint density at radius 3 is 2.87 bits per heavy atom. The lowest BCUT2D eigenvalue weighted by Crippen LogP contribution is -2.42. The van der Waals surface area contributed by atoms with Crippen molar-refractivity contribution in [3.05, 3.63) is 27.3 Å². The summed E-state index contributed by atoms with van der Waals surface area (Å²) >= 11 is 2.18. The molecule has 1 saturated heterocycles. The number of nitriles is 1. The van der Waals surface area contributed by atoms with E-state index in [2.05, 4.69) is 28.7 Å². The van der Waals surface area contributed by atoms with Gasteiger partial charge in [0.2, 0.25) is 0 Å². The molecule has 1 amide bonds. The Hall–Kier alpha value is -1.49. The van der Waals surface area contributed by atoms with E-state index >= 15 is 0 Å². The van der Waals surface area contributed by atoms with Gasteiger partial charge < -0.3 is 14.4 Å². The highest BCUT2D eigenvalue weighted by Gasteiger charge is 2.32. The molecule has 0 bridgehead atoms. The fourth-order valence-electron chi connectivity index (χ4n) is 2.44. The number of halogens is 1. The van der Waals surface area contributed by atoms with Gasteiger partial charge in [-0.1, -0.05) is 0 Å². The molecule has 23 heavy (non-hydrogen) atoms. The molecule has 1 aliphatic rings. The Kier molecular flexibility index (Phi) is 5.74. The topological polar surface area (TPSA) is 62.6 Å². The van der Waals surface area contributed by atoms with Gasteiger partial charge in [-0.2, -0.15) is 5.26 Å². The summed E-state index contributed by atoms with van der Waals surface area (Å²) in [4.78, 5) is 14.0. The average molecular weight is 428 g/mol. The lowest BCUT2D eigenvalue weighted by Gasteiger charge is -2.28. The second kappa shape index (κ2) is 7.39. The first-order chi connectivity index (χ1) is 10.8. The lowest BCUT2D eigenvalue weighted by atomic mass is 10.2. The smallest absolute Gasteiger partial charge is 0.410 e. The fourth-order valence-corrected chi connectivity index (χ4v) is 2.93. The van der Waals surface area contributed by atoms with Crippen LogP contribution in [0.15, 0.2) is 18.2 Å². The van der Waals surface area contributed by atoms with E-state index in [4.69, 9.17) is 14.7 Å². The normalized spacial score (nSPS) is 17.7. The van der Waals surface area contributed by atoms with Crippen molar-refractivity contribution in [1.29, 1.82) is 5.26 Å². The molecule has 0 radical (unpaired) electrons. The zero-order valence-corrected chi connectivity index (χ0v) is 15.8. The summed E-state index contributed by atoms with van der Waals surface area (Å²) in [6.45, 7) is 6.69. The Labute approximate surface area is 150 Å². The predicted octanol–water partition coefficient (Wildman–Crippen LogP) is 3.94. The van der Waals surface area contributed by atoms with E-state index < -0.39 is 5.60 Å². The summed E-state index contributed by atoms with van der Waals surface area (Å²) < 4.78 is 12.3. The quantitative estimate of drug-likeness (QED) is 0.685. The van der Waals surface area contributed by atoms with E-state index in [1.165, 1.54) is 0 Å². The Bertz CT molecular complexity index is 619. The standard InChI is InChI=1S/C17H21IN2O3/c1-17(2,3)23-16(21)20-8-4-5-13(20)11-22-15-9-12(10-19)6-7-14(15)18/h6-7,9,13H,4-5,8,11H2,1-3H3/t13-/m1/s1. The molecule has 0 unspecified atom stereocenters. The number of nitrogens with zero attached hydrogens (tertiary/aromatic N) is 2. The number of likely N-dealkylation sites (tertiary alicyclic amines) is 1. The van der Waals surface area contributed by atoms with Crippen LogP contribution < -0.4 is 4.74 Å². The molecule has 0 aliphatic carbocycles. The third-order valence-corrected chi connectivity index (χ3v) is 4.39. The van der Waals surface area contributed by atoms with Gasteiger partial charge >= 0.3 is 6.09 Å². The molecule has 0 aromatic heterocycles. The van der Waals surface area contributed by atoms with Crippen molar-refractivity contribution in [2.75, 3.05) is 13.2 Å². The minimum absolute atomic E-state index is 0.00592. The summed E-state index contributed by atoms with van der Waals surface area (Å²) in [6.07, 6.45) is 1.56. The minimum Gasteiger partial charge on any atom is -0.490 e. The zero-order valence-electron chi connectivity index (χ0n) is 13.6. The molecule has 1 fully saturated rings.